The lowest BCUT2D eigenvalue weighted by atomic mass is 10.6. The highest BCUT2D eigenvalue weighted by molar-refractivity contribution is 8.01. The Morgan fingerprint density at radius 1 is 1.71 bits per heavy atom. The first-order valence-electron chi connectivity index (χ1n) is 3.58. The number of hydrogen-bond acceptors (Lipinski definition) is 7. The van der Waals surface area contributed by atoms with Crippen LogP contribution in [0.15, 0.2) is 4.34 Å². The van der Waals surface area contributed by atoms with Crippen molar-refractivity contribution in [1.29, 1.82) is 5.26 Å². The van der Waals surface area contributed by atoms with Gasteiger partial charge in [0.15, 0.2) is 4.34 Å². The number of anilines is 1. The Morgan fingerprint density at radius 2 is 2.50 bits per heavy atom. The van der Waals surface area contributed by atoms with E-state index >= 15 is 0 Å². The zero-order chi connectivity index (χ0) is 10.4. The molecule has 0 radical (unpaired) electrons. The van der Waals surface area contributed by atoms with E-state index in [1.807, 2.05) is 6.07 Å². The first-order valence-corrected chi connectivity index (χ1v) is 5.38. The number of hydrogen-bond donors (Lipinski definition) is 2. The lowest BCUT2D eigenvalue weighted by Gasteiger charge is -1.96. The normalized spacial score (nSPS) is 9.36. The molecule has 0 bridgehead atoms. The number of carbonyl (C=O) groups is 1. The summed E-state index contributed by atoms with van der Waals surface area (Å²) in [6.07, 6.45) is 0. The van der Waals surface area contributed by atoms with E-state index in [4.69, 9.17) is 11.0 Å². The van der Waals surface area contributed by atoms with Crippen molar-refractivity contribution in [3.05, 3.63) is 0 Å². The van der Waals surface area contributed by atoms with Gasteiger partial charge in [-0.25, -0.2) is 0 Å². The Balaban J connectivity index is 2.27. The zero-order valence-electron chi connectivity index (χ0n) is 7.06. The summed E-state index contributed by atoms with van der Waals surface area (Å²) in [5, 5.41) is 18.3. The summed E-state index contributed by atoms with van der Waals surface area (Å²) in [7, 11) is 0. The van der Waals surface area contributed by atoms with E-state index in [-0.39, 0.29) is 18.2 Å². The van der Waals surface area contributed by atoms with Crippen LogP contribution in [0.25, 0.3) is 0 Å². The van der Waals surface area contributed by atoms with Gasteiger partial charge >= 0.3 is 0 Å². The fourth-order valence-corrected chi connectivity index (χ4v) is 2.06. The number of carbonyl (C=O) groups excluding carboxylic acids is 1. The number of nitrogen functional groups attached to an aromatic ring is 1. The molecule has 0 spiro atoms. The van der Waals surface area contributed by atoms with Crippen LogP contribution in [0.2, 0.25) is 0 Å². The molecule has 0 saturated heterocycles. The van der Waals surface area contributed by atoms with E-state index in [1.165, 1.54) is 23.1 Å². The number of rotatable bonds is 4. The van der Waals surface area contributed by atoms with E-state index in [0.717, 1.165) is 0 Å². The van der Waals surface area contributed by atoms with Crippen molar-refractivity contribution in [3.63, 3.8) is 0 Å². The van der Waals surface area contributed by atoms with Crippen LogP contribution in [0, 0.1) is 11.3 Å². The molecule has 0 aliphatic carbocycles. The third kappa shape index (κ3) is 3.59. The van der Waals surface area contributed by atoms with Crippen molar-refractivity contribution < 1.29 is 4.79 Å². The number of amides is 1. The Hall–Kier alpha value is -1.33. The summed E-state index contributed by atoms with van der Waals surface area (Å²) in [4.78, 5) is 11.0. The monoisotopic (exact) mass is 229 g/mol. The van der Waals surface area contributed by atoms with Gasteiger partial charge in [0.1, 0.15) is 6.54 Å². The highest BCUT2D eigenvalue weighted by Gasteiger charge is 2.05. The molecule has 1 rings (SSSR count). The van der Waals surface area contributed by atoms with Crippen molar-refractivity contribution in [3.8, 4) is 6.07 Å². The summed E-state index contributed by atoms with van der Waals surface area (Å²) < 4.78 is 0.648. The van der Waals surface area contributed by atoms with E-state index in [1.54, 1.807) is 0 Å². The first-order chi connectivity index (χ1) is 6.72. The predicted molar refractivity (Wildman–Crippen MR) is 53.7 cm³/mol. The SMILES string of the molecule is N#CCNC(=O)CSc1nnc(N)s1. The highest BCUT2D eigenvalue weighted by atomic mass is 32.2. The molecule has 0 aromatic carbocycles. The van der Waals surface area contributed by atoms with Crippen LogP contribution in [0.3, 0.4) is 0 Å². The Kier molecular flexibility index (Phi) is 4.15. The van der Waals surface area contributed by atoms with Crippen LogP contribution in [0.5, 0.6) is 0 Å². The van der Waals surface area contributed by atoms with Gasteiger partial charge in [-0.3, -0.25) is 4.79 Å². The molecule has 8 heteroatoms. The molecule has 3 N–H and O–H groups in total. The zero-order valence-corrected chi connectivity index (χ0v) is 8.69. The lowest BCUT2D eigenvalue weighted by Crippen LogP contribution is -2.25. The highest BCUT2D eigenvalue weighted by Crippen LogP contribution is 2.22. The van der Waals surface area contributed by atoms with Crippen molar-refractivity contribution in [2.75, 3.05) is 18.0 Å². The molecule has 0 atom stereocenters. The second-order valence-electron chi connectivity index (χ2n) is 2.13. The maximum absolute atomic E-state index is 11.0. The van der Waals surface area contributed by atoms with Gasteiger partial charge in [-0.05, 0) is 0 Å². The molecule has 0 aliphatic heterocycles. The van der Waals surface area contributed by atoms with Gasteiger partial charge in [-0.1, -0.05) is 23.1 Å². The van der Waals surface area contributed by atoms with Gasteiger partial charge in [0.25, 0.3) is 0 Å². The number of nitrogens with zero attached hydrogens (tertiary/aromatic N) is 3. The third-order valence-electron chi connectivity index (χ3n) is 1.11. The van der Waals surface area contributed by atoms with Gasteiger partial charge in [0, 0.05) is 0 Å². The number of nitriles is 1. The molecule has 14 heavy (non-hydrogen) atoms. The smallest absolute Gasteiger partial charge is 0.231 e. The van der Waals surface area contributed by atoms with E-state index in [0.29, 0.717) is 9.47 Å². The van der Waals surface area contributed by atoms with Crippen molar-refractivity contribution >= 4 is 34.1 Å². The van der Waals surface area contributed by atoms with Crippen LogP contribution in [0.4, 0.5) is 5.13 Å². The molecule has 1 heterocycles. The van der Waals surface area contributed by atoms with Gasteiger partial charge in [-0.2, -0.15) is 5.26 Å². The molecular weight excluding hydrogens is 222 g/mol. The van der Waals surface area contributed by atoms with Crippen LogP contribution in [-0.2, 0) is 4.79 Å². The minimum Gasteiger partial charge on any atom is -0.374 e. The van der Waals surface area contributed by atoms with Crippen LogP contribution in [-0.4, -0.2) is 28.4 Å². The maximum atomic E-state index is 11.0. The van der Waals surface area contributed by atoms with Crippen LogP contribution >= 0.6 is 23.1 Å². The second kappa shape index (κ2) is 5.41. The summed E-state index contributed by atoms with van der Waals surface area (Å²) in [5.41, 5.74) is 5.35. The van der Waals surface area contributed by atoms with E-state index in [2.05, 4.69) is 15.5 Å². The quantitative estimate of drug-likeness (QED) is 0.549. The molecule has 1 amide bonds. The van der Waals surface area contributed by atoms with Crippen molar-refractivity contribution in [2.24, 2.45) is 0 Å². The molecule has 1 aromatic rings. The number of nitrogens with one attached hydrogen (secondary N) is 1. The van der Waals surface area contributed by atoms with E-state index < -0.39 is 0 Å². The Bertz CT molecular complexity index is 357. The molecule has 0 aliphatic rings. The number of thioether (sulfide) groups is 1. The van der Waals surface area contributed by atoms with Gasteiger partial charge in [-0.15, -0.1) is 10.2 Å². The van der Waals surface area contributed by atoms with Gasteiger partial charge in [0.2, 0.25) is 11.0 Å². The molecule has 6 nitrogen and oxygen atoms in total. The molecule has 0 fully saturated rings. The maximum Gasteiger partial charge on any atom is 0.231 e. The van der Waals surface area contributed by atoms with E-state index in [9.17, 15) is 4.79 Å². The first kappa shape index (κ1) is 10.7. The largest absolute Gasteiger partial charge is 0.374 e. The molecule has 0 unspecified atom stereocenters. The third-order valence-corrected chi connectivity index (χ3v) is 3.00. The molecular formula is C6H7N5OS2. The Labute approximate surface area is 88.5 Å². The van der Waals surface area contributed by atoms with Gasteiger partial charge < -0.3 is 11.1 Å². The Morgan fingerprint density at radius 3 is 3.07 bits per heavy atom. The fourth-order valence-electron chi connectivity index (χ4n) is 0.595. The summed E-state index contributed by atoms with van der Waals surface area (Å²) in [6.45, 7) is 0.0254. The minimum absolute atomic E-state index is 0.0254. The lowest BCUT2D eigenvalue weighted by molar-refractivity contribution is -0.118. The fraction of sp³-hybridized carbons (Fsp3) is 0.333. The molecule has 74 valence electrons. The minimum atomic E-state index is -0.203. The standard InChI is InChI=1S/C6H7N5OS2/c7-1-2-9-4(12)3-13-6-11-10-5(8)14-6/h2-3H2,(H2,8,10)(H,9,12). The van der Waals surface area contributed by atoms with Crippen LogP contribution in [0.1, 0.15) is 0 Å². The summed E-state index contributed by atoms with van der Waals surface area (Å²) in [5.74, 6) is 0.0152. The van der Waals surface area contributed by atoms with Gasteiger partial charge in [0.05, 0.1) is 11.8 Å². The topological polar surface area (TPSA) is 105 Å². The average Bonchev–Trinajstić information content (AvgIpc) is 2.58. The van der Waals surface area contributed by atoms with Crippen molar-refractivity contribution in [2.45, 2.75) is 4.34 Å². The molecule has 0 saturated carbocycles. The number of nitrogens with two attached hydrogens (primary N) is 1. The summed E-state index contributed by atoms with van der Waals surface area (Å²) >= 11 is 2.47. The molecule has 1 aromatic heterocycles. The second-order valence-corrected chi connectivity index (χ2v) is 4.36. The van der Waals surface area contributed by atoms with Crippen molar-refractivity contribution in [1.82, 2.24) is 15.5 Å². The average molecular weight is 229 g/mol. The predicted octanol–water partition coefficient (Wildman–Crippen LogP) is -0.148. The number of aromatic nitrogens is 2. The van der Waals surface area contributed by atoms with Crippen LogP contribution < -0.4 is 11.1 Å². The summed E-state index contributed by atoms with van der Waals surface area (Å²) in [6, 6.07) is 1.81.